The summed E-state index contributed by atoms with van der Waals surface area (Å²) in [4.78, 5) is 4.56. The topological polar surface area (TPSA) is 58.3 Å². The van der Waals surface area contributed by atoms with Crippen molar-refractivity contribution < 1.29 is 32.3 Å². The van der Waals surface area contributed by atoms with E-state index < -0.39 is 0 Å². The maximum atomic E-state index is 2.52. The summed E-state index contributed by atoms with van der Waals surface area (Å²) in [6, 6.07) is 71.9. The Bertz CT molecular complexity index is 5850. The number of hydrogen-bond donors (Lipinski definition) is 0. The molecular weight excluding hydrogens is 1360 g/mol. The van der Waals surface area contributed by atoms with Gasteiger partial charge in [-0.2, -0.15) is 9.13 Å². The summed E-state index contributed by atoms with van der Waals surface area (Å²) in [7, 11) is 16.9. The first-order chi connectivity index (χ1) is 53.4. The fourth-order valence-corrected chi connectivity index (χ4v) is 16.3. The van der Waals surface area contributed by atoms with Crippen molar-refractivity contribution in [2.45, 2.75) is 120 Å². The van der Waals surface area contributed by atoms with Gasteiger partial charge in [0.2, 0.25) is 11.4 Å². The number of rotatable bonds is 14. The van der Waals surface area contributed by atoms with Crippen LogP contribution in [-0.2, 0) is 49.3 Å². The third-order valence-corrected chi connectivity index (χ3v) is 22.6. The molecule has 0 bridgehead atoms. The van der Waals surface area contributed by atoms with E-state index in [9.17, 15) is 0 Å². The molecule has 16 rings (SSSR count). The molecule has 0 amide bonds. The van der Waals surface area contributed by atoms with Gasteiger partial charge >= 0.3 is 0 Å². The number of fused-ring (bicyclic) bond motifs is 2. The molecule has 0 saturated carbocycles. The Balaban J connectivity index is 0.000000132. The number of benzene rings is 8. The van der Waals surface area contributed by atoms with Crippen LogP contribution >= 0.6 is 0 Å². The summed E-state index contributed by atoms with van der Waals surface area (Å²) >= 11 is 0. The second-order valence-electron chi connectivity index (χ2n) is 31.1. The SMILES string of the molecule is Cc1c(-c2c3ccccc3cc[n+]2C)cccc1N1C=CN(C)[C@@H]1C.Cc1c(-c2cccc[n+]2C)cccc1-n1ccc[n+]1C.Cc1c(-c2n(-c3c(C(C)C)cccc3C(C)C)c3ccccc3[n+]2C)cccc1-n1ccc[n+]1C.Cc1c(-c2n(-c3c(C(C)C)cccc3C(C)C)cc[n+]2C)cccc1-n1ccc[n+]1C. The lowest BCUT2D eigenvalue weighted by molar-refractivity contribution is -0.744. The largest absolute Gasteiger partial charge is 0.359 e. The van der Waals surface area contributed by atoms with Crippen LogP contribution in [0.3, 0.4) is 0 Å². The first-order valence-corrected chi connectivity index (χ1v) is 39.2. The number of aromatic nitrogens is 12. The van der Waals surface area contributed by atoms with Gasteiger partial charge in [0.25, 0.3) is 11.6 Å². The quantitative estimate of drug-likeness (QED) is 0.102. The third kappa shape index (κ3) is 14.9. The molecule has 1 atom stereocenters. The molecule has 0 unspecified atom stereocenters. The molecule has 1 aliphatic heterocycles. The second kappa shape index (κ2) is 32.7. The van der Waals surface area contributed by atoms with Crippen molar-refractivity contribution in [3.63, 3.8) is 0 Å². The van der Waals surface area contributed by atoms with Gasteiger partial charge in [-0.15, -0.1) is 28.1 Å². The summed E-state index contributed by atoms with van der Waals surface area (Å²) in [5, 5.41) is 2.56. The van der Waals surface area contributed by atoms with Crippen LogP contribution in [0.4, 0.5) is 5.69 Å². The smallest absolute Gasteiger partial charge is 0.295 e. The number of pyridine rings is 2. The highest BCUT2D eigenvalue weighted by Gasteiger charge is 2.34. The highest BCUT2D eigenvalue weighted by atomic mass is 15.4. The zero-order valence-electron chi connectivity index (χ0n) is 69.1. The molecule has 0 fully saturated rings. The lowest BCUT2D eigenvalue weighted by Gasteiger charge is -2.28. The third-order valence-electron chi connectivity index (χ3n) is 22.6. The van der Waals surface area contributed by atoms with Gasteiger partial charge < -0.3 is 9.80 Å². The Labute approximate surface area is 658 Å². The van der Waals surface area contributed by atoms with Crippen LogP contribution in [0, 0.1) is 27.7 Å². The van der Waals surface area contributed by atoms with Crippen molar-refractivity contribution in [3.8, 4) is 73.7 Å². The van der Waals surface area contributed by atoms with Crippen LogP contribution < -0.4 is 37.2 Å². The standard InChI is InChI=1S/C31H36N4.C27H34N4.C22H24N3.C17H19N3/c1-21(2)24-13-10-14-25(22(3)4)30(24)35-29-17-9-8-16-28(29)33(7)31(35)26-15-11-18-27(23(26)5)34-20-12-19-32(34)6;1-19(2)22-11-8-12-23(20(3)4)26(22)30-18-17-28(6)27(30)24-13-9-14-25(21(24)5)31-16-10-15-29(31)7;1-16-19(10-7-11-21(16)25-15-14-23(3)17(25)2)22-20-9-6-5-8-18(20)12-13-24(22)4;1-14-15(17-9-4-5-11-18(17)2)8-6-10-16(14)20-13-7-12-19(20)3/h8-22H,1-7H3;8-20H,1-7H3;5-15,17H,1-4H3;4-13H,1-3H3/q2*+2;+1;+2/t;;17-;/m..0./s1. The first kappa shape index (κ1) is 77.1. The van der Waals surface area contributed by atoms with Crippen molar-refractivity contribution >= 4 is 27.5 Å². The molecule has 0 N–H and O–H groups in total. The lowest BCUT2D eigenvalue weighted by Crippen LogP contribution is -2.37. The minimum absolute atomic E-state index is 0.329. The van der Waals surface area contributed by atoms with E-state index in [0.717, 1.165) is 0 Å². The van der Waals surface area contributed by atoms with E-state index in [1.54, 1.807) is 0 Å². The van der Waals surface area contributed by atoms with Gasteiger partial charge in [-0.25, -0.2) is 18.3 Å². The molecule has 7 aromatic heterocycles. The van der Waals surface area contributed by atoms with Gasteiger partial charge in [0.05, 0.1) is 60.3 Å². The first-order valence-electron chi connectivity index (χ1n) is 39.2. The fourth-order valence-electron chi connectivity index (χ4n) is 16.3. The number of nitrogens with zero attached hydrogens (tertiary/aromatic N) is 14. The van der Waals surface area contributed by atoms with E-state index in [4.69, 9.17) is 0 Å². The Morgan fingerprint density at radius 2 is 0.802 bits per heavy atom. The average Bonchev–Trinajstić information content (AvgIpc) is 1.55. The zero-order valence-corrected chi connectivity index (χ0v) is 69.1. The van der Waals surface area contributed by atoms with Crippen molar-refractivity contribution in [2.75, 3.05) is 11.9 Å². The predicted molar refractivity (Wildman–Crippen MR) is 452 cm³/mol. The summed E-state index contributed by atoms with van der Waals surface area (Å²) < 4.78 is 26.7. The molecular formula is C97H113N14+7. The van der Waals surface area contributed by atoms with E-state index >= 15 is 0 Å². The average molecular weight is 1480 g/mol. The lowest BCUT2D eigenvalue weighted by atomic mass is 9.92. The van der Waals surface area contributed by atoms with Gasteiger partial charge in [-0.05, 0) is 159 Å². The number of anilines is 1. The van der Waals surface area contributed by atoms with Crippen LogP contribution in [0.15, 0.2) is 275 Å². The van der Waals surface area contributed by atoms with Crippen molar-refractivity contribution in [1.29, 1.82) is 0 Å². The van der Waals surface area contributed by atoms with E-state index in [1.165, 1.54) is 146 Å². The summed E-state index contributed by atoms with van der Waals surface area (Å²) in [6.45, 7) is 29.4. The molecule has 8 aromatic carbocycles. The molecule has 111 heavy (non-hydrogen) atoms. The highest BCUT2D eigenvalue weighted by Crippen LogP contribution is 2.41. The van der Waals surface area contributed by atoms with E-state index in [1.807, 2.05) is 0 Å². The van der Waals surface area contributed by atoms with Crippen LogP contribution in [0.1, 0.15) is 130 Å². The summed E-state index contributed by atoms with van der Waals surface area (Å²) in [5.41, 5.74) is 28.1. The van der Waals surface area contributed by atoms with Crippen LogP contribution in [0.25, 0.3) is 95.5 Å². The van der Waals surface area contributed by atoms with Crippen molar-refractivity contribution in [1.82, 2.24) is 28.1 Å². The van der Waals surface area contributed by atoms with Crippen LogP contribution in [0.5, 0.6) is 0 Å². The van der Waals surface area contributed by atoms with E-state index in [2.05, 4.69) is 486 Å². The molecule has 0 saturated heterocycles. The van der Waals surface area contributed by atoms with Crippen molar-refractivity contribution in [2.24, 2.45) is 49.3 Å². The normalized spacial score (nSPS) is 12.7. The summed E-state index contributed by atoms with van der Waals surface area (Å²) in [6.07, 6.45) is 25.7. The molecule has 0 spiro atoms. The Morgan fingerprint density at radius 3 is 1.31 bits per heavy atom. The molecule has 8 heterocycles. The second-order valence-corrected chi connectivity index (χ2v) is 31.1. The number of imidazole rings is 2. The van der Waals surface area contributed by atoms with E-state index in [0.29, 0.717) is 29.8 Å². The molecule has 0 aliphatic carbocycles. The molecule has 14 nitrogen and oxygen atoms in total. The van der Waals surface area contributed by atoms with Gasteiger partial charge in [0, 0.05) is 83.8 Å². The van der Waals surface area contributed by atoms with Gasteiger partial charge in [-0.1, -0.05) is 146 Å². The van der Waals surface area contributed by atoms with Gasteiger partial charge in [0.15, 0.2) is 63.2 Å². The maximum absolute atomic E-state index is 2.52. The predicted octanol–water partition coefficient (Wildman–Crippen LogP) is 17.7. The van der Waals surface area contributed by atoms with E-state index in [-0.39, 0.29) is 0 Å². The van der Waals surface area contributed by atoms with Gasteiger partial charge in [0.1, 0.15) is 61.1 Å². The number of hydrogen-bond acceptors (Lipinski definition) is 2. The minimum atomic E-state index is 0.329. The molecule has 15 aromatic rings. The fraction of sp³-hybridized carbons (Fsp3) is 0.268. The highest BCUT2D eigenvalue weighted by molar-refractivity contribution is 5.94. The maximum Gasteiger partial charge on any atom is 0.295 e. The monoisotopic (exact) mass is 1470 g/mol. The summed E-state index contributed by atoms with van der Waals surface area (Å²) in [5.74, 6) is 4.12. The molecule has 14 heteroatoms. The number of para-hydroxylation sites is 4. The molecule has 564 valence electrons. The Hall–Kier alpha value is -12.0. The number of aryl methyl sites for hydroxylation is 7. The zero-order chi connectivity index (χ0) is 78.8. The molecule has 0 radical (unpaired) electrons. The van der Waals surface area contributed by atoms with Crippen LogP contribution in [-0.4, -0.2) is 41.3 Å². The minimum Gasteiger partial charge on any atom is -0.359 e. The Kier molecular flexibility index (Phi) is 22.7. The van der Waals surface area contributed by atoms with Crippen molar-refractivity contribution in [3.05, 3.63) is 319 Å². The Morgan fingerprint density at radius 1 is 0.351 bits per heavy atom. The van der Waals surface area contributed by atoms with Gasteiger partial charge in [-0.3, -0.25) is 0 Å². The molecule has 1 aliphatic rings. The van der Waals surface area contributed by atoms with Crippen LogP contribution in [0.2, 0.25) is 0 Å².